The summed E-state index contributed by atoms with van der Waals surface area (Å²) in [5.74, 6) is -0.644. The Morgan fingerprint density at radius 2 is 2.00 bits per heavy atom. The minimum atomic E-state index is -0.477. The van der Waals surface area contributed by atoms with Crippen molar-refractivity contribution >= 4 is 28.8 Å². The van der Waals surface area contributed by atoms with Crippen molar-refractivity contribution in [2.75, 3.05) is 5.32 Å². The average molecular weight is 238 g/mol. The number of nitrogens with two attached hydrogens (primary N) is 1. The van der Waals surface area contributed by atoms with E-state index in [0.29, 0.717) is 5.69 Å². The molecule has 16 heavy (non-hydrogen) atoms. The molecule has 0 saturated heterocycles. The molecule has 1 unspecified atom stereocenters. The molecule has 1 heterocycles. The Morgan fingerprint density at radius 3 is 2.44 bits per heavy atom. The molecule has 1 amide bonds. The minimum absolute atomic E-state index is 0.0575. The van der Waals surface area contributed by atoms with Crippen molar-refractivity contribution in [2.24, 2.45) is 17.6 Å². The van der Waals surface area contributed by atoms with Gasteiger partial charge in [0.05, 0.1) is 29.0 Å². The van der Waals surface area contributed by atoms with Crippen molar-refractivity contribution in [2.45, 2.75) is 13.8 Å². The van der Waals surface area contributed by atoms with E-state index in [-0.39, 0.29) is 16.8 Å². The summed E-state index contributed by atoms with van der Waals surface area (Å²) in [6.45, 7) is 3.79. The highest BCUT2D eigenvalue weighted by atomic mass is 32.1. The molecule has 0 spiro atoms. The number of thiocarbonyl (C=S) groups is 1. The van der Waals surface area contributed by atoms with Crippen molar-refractivity contribution in [3.63, 3.8) is 0 Å². The number of nitrogens with one attached hydrogen (secondary N) is 1. The molecule has 1 aromatic heterocycles. The van der Waals surface area contributed by atoms with Crippen LogP contribution in [0.4, 0.5) is 5.69 Å². The van der Waals surface area contributed by atoms with Gasteiger partial charge in [-0.05, 0) is 5.92 Å². The summed E-state index contributed by atoms with van der Waals surface area (Å²) in [5, 5.41) is 2.67. The Balaban J connectivity index is 2.74. The van der Waals surface area contributed by atoms with E-state index in [2.05, 4.69) is 15.3 Å². The molecule has 0 fully saturated rings. The third kappa shape index (κ3) is 3.23. The molecule has 5 nitrogen and oxygen atoms in total. The molecule has 0 bridgehead atoms. The largest absolute Gasteiger partial charge is 0.393 e. The molecule has 0 saturated carbocycles. The average Bonchev–Trinajstić information content (AvgIpc) is 2.17. The van der Waals surface area contributed by atoms with E-state index < -0.39 is 5.92 Å². The van der Waals surface area contributed by atoms with Crippen LogP contribution in [0.2, 0.25) is 0 Å². The standard InChI is InChI=1S/C10H14N4OS/c1-6(2)8(9(11)16)10(15)14-7-3-12-5-13-4-7/h3-6,8H,1-2H3,(H2,11,16)(H,14,15). The number of carbonyl (C=O) groups is 1. The fraction of sp³-hybridized carbons (Fsp3) is 0.400. The fourth-order valence-corrected chi connectivity index (χ4v) is 1.72. The number of nitrogens with zero attached hydrogens (tertiary/aromatic N) is 2. The van der Waals surface area contributed by atoms with Crippen LogP contribution in [0.5, 0.6) is 0 Å². The molecular formula is C10H14N4OS. The van der Waals surface area contributed by atoms with Gasteiger partial charge in [0.15, 0.2) is 0 Å². The van der Waals surface area contributed by atoms with E-state index in [1.807, 2.05) is 13.8 Å². The molecule has 86 valence electrons. The molecule has 6 heteroatoms. The quantitative estimate of drug-likeness (QED) is 0.764. The lowest BCUT2D eigenvalue weighted by Gasteiger charge is -2.18. The lowest BCUT2D eigenvalue weighted by atomic mass is 9.95. The second-order valence-electron chi connectivity index (χ2n) is 3.74. The van der Waals surface area contributed by atoms with Gasteiger partial charge in [-0.3, -0.25) is 4.79 Å². The van der Waals surface area contributed by atoms with Crippen LogP contribution < -0.4 is 11.1 Å². The predicted molar refractivity (Wildman–Crippen MR) is 65.8 cm³/mol. The number of rotatable bonds is 4. The molecule has 0 radical (unpaired) electrons. The lowest BCUT2D eigenvalue weighted by molar-refractivity contribution is -0.118. The predicted octanol–water partition coefficient (Wildman–Crippen LogP) is 0.973. The topological polar surface area (TPSA) is 80.9 Å². The Bertz CT molecular complexity index is 380. The van der Waals surface area contributed by atoms with Gasteiger partial charge in [-0.15, -0.1) is 0 Å². The molecule has 1 aromatic rings. The number of anilines is 1. The summed E-state index contributed by atoms with van der Waals surface area (Å²) in [7, 11) is 0. The van der Waals surface area contributed by atoms with Gasteiger partial charge in [0, 0.05) is 0 Å². The first-order valence-corrected chi connectivity index (χ1v) is 5.28. The number of amides is 1. The van der Waals surface area contributed by atoms with E-state index in [1.165, 1.54) is 18.7 Å². The van der Waals surface area contributed by atoms with Crippen LogP contribution in [-0.2, 0) is 4.79 Å². The summed E-state index contributed by atoms with van der Waals surface area (Å²) >= 11 is 4.87. The summed E-state index contributed by atoms with van der Waals surface area (Å²) in [6, 6.07) is 0. The van der Waals surface area contributed by atoms with E-state index in [1.54, 1.807) is 0 Å². The van der Waals surface area contributed by atoms with Gasteiger partial charge in [0.25, 0.3) is 0 Å². The second kappa shape index (κ2) is 5.50. The summed E-state index contributed by atoms with van der Waals surface area (Å²) in [6.07, 6.45) is 4.42. The first-order chi connectivity index (χ1) is 7.52. The van der Waals surface area contributed by atoms with Crippen molar-refractivity contribution in [1.82, 2.24) is 9.97 Å². The smallest absolute Gasteiger partial charge is 0.234 e. The van der Waals surface area contributed by atoms with E-state index in [0.717, 1.165) is 0 Å². The number of carbonyl (C=O) groups excluding carboxylic acids is 1. The van der Waals surface area contributed by atoms with E-state index in [4.69, 9.17) is 18.0 Å². The van der Waals surface area contributed by atoms with Crippen molar-refractivity contribution in [3.05, 3.63) is 18.7 Å². The van der Waals surface area contributed by atoms with Gasteiger partial charge in [-0.25, -0.2) is 9.97 Å². The maximum atomic E-state index is 11.9. The van der Waals surface area contributed by atoms with Gasteiger partial charge in [0.2, 0.25) is 5.91 Å². The van der Waals surface area contributed by atoms with E-state index in [9.17, 15) is 4.79 Å². The number of hydrogen-bond acceptors (Lipinski definition) is 4. The zero-order chi connectivity index (χ0) is 12.1. The molecule has 0 aliphatic carbocycles. The van der Waals surface area contributed by atoms with Gasteiger partial charge >= 0.3 is 0 Å². The van der Waals surface area contributed by atoms with Crippen LogP contribution in [0.15, 0.2) is 18.7 Å². The molecule has 3 N–H and O–H groups in total. The third-order valence-corrected chi connectivity index (χ3v) is 2.34. The van der Waals surface area contributed by atoms with Gasteiger partial charge < -0.3 is 11.1 Å². The molecular weight excluding hydrogens is 224 g/mol. The number of hydrogen-bond donors (Lipinski definition) is 2. The first-order valence-electron chi connectivity index (χ1n) is 4.87. The summed E-state index contributed by atoms with van der Waals surface area (Å²) < 4.78 is 0. The highest BCUT2D eigenvalue weighted by molar-refractivity contribution is 7.80. The van der Waals surface area contributed by atoms with Crippen LogP contribution >= 0.6 is 12.2 Å². The van der Waals surface area contributed by atoms with Crippen LogP contribution in [0.25, 0.3) is 0 Å². The summed E-state index contributed by atoms with van der Waals surface area (Å²) in [5.41, 5.74) is 6.07. The normalized spacial score (nSPS) is 12.2. The fourth-order valence-electron chi connectivity index (χ4n) is 1.34. The SMILES string of the molecule is CC(C)C(C(=O)Nc1cncnc1)C(N)=S. The van der Waals surface area contributed by atoms with Gasteiger partial charge in [-0.2, -0.15) is 0 Å². The highest BCUT2D eigenvalue weighted by Gasteiger charge is 2.24. The van der Waals surface area contributed by atoms with Gasteiger partial charge in [0.1, 0.15) is 6.33 Å². The Morgan fingerprint density at radius 1 is 1.44 bits per heavy atom. The van der Waals surface area contributed by atoms with Crippen molar-refractivity contribution < 1.29 is 4.79 Å². The maximum Gasteiger partial charge on any atom is 0.234 e. The highest BCUT2D eigenvalue weighted by Crippen LogP contribution is 2.14. The zero-order valence-electron chi connectivity index (χ0n) is 9.18. The van der Waals surface area contributed by atoms with Crippen molar-refractivity contribution in [1.29, 1.82) is 0 Å². The van der Waals surface area contributed by atoms with Crippen LogP contribution in [-0.4, -0.2) is 20.9 Å². The third-order valence-electron chi connectivity index (χ3n) is 2.08. The van der Waals surface area contributed by atoms with Gasteiger partial charge in [-0.1, -0.05) is 26.1 Å². The van der Waals surface area contributed by atoms with Crippen LogP contribution in [0.1, 0.15) is 13.8 Å². The first kappa shape index (κ1) is 12.5. The second-order valence-corrected chi connectivity index (χ2v) is 4.21. The van der Waals surface area contributed by atoms with E-state index >= 15 is 0 Å². The Kier molecular flexibility index (Phi) is 4.30. The van der Waals surface area contributed by atoms with Crippen LogP contribution in [0, 0.1) is 11.8 Å². The lowest BCUT2D eigenvalue weighted by Crippen LogP contribution is -2.36. The zero-order valence-corrected chi connectivity index (χ0v) is 9.99. The molecule has 1 atom stereocenters. The summed E-state index contributed by atoms with van der Waals surface area (Å²) in [4.78, 5) is 19.7. The molecule has 1 rings (SSSR count). The number of aromatic nitrogens is 2. The van der Waals surface area contributed by atoms with Crippen molar-refractivity contribution in [3.8, 4) is 0 Å². The maximum absolute atomic E-state index is 11.9. The Hall–Kier alpha value is -1.56. The minimum Gasteiger partial charge on any atom is -0.393 e. The van der Waals surface area contributed by atoms with Crippen LogP contribution in [0.3, 0.4) is 0 Å². The Labute approximate surface area is 99.5 Å². The molecule has 0 aliphatic heterocycles. The monoisotopic (exact) mass is 238 g/mol. The molecule has 0 aromatic carbocycles. The molecule has 0 aliphatic rings.